The molecular formula is C17H29N3O. The molecule has 1 aromatic rings. The molecule has 1 aliphatic rings. The van der Waals surface area contributed by atoms with Crippen LogP contribution in [0.1, 0.15) is 76.7 Å². The van der Waals surface area contributed by atoms with E-state index in [-0.39, 0.29) is 0 Å². The molecule has 0 unspecified atom stereocenters. The average Bonchev–Trinajstić information content (AvgIpc) is 3.00. The molecule has 1 fully saturated rings. The molecule has 118 valence electrons. The van der Waals surface area contributed by atoms with Gasteiger partial charge >= 0.3 is 0 Å². The normalized spacial score (nSPS) is 16.0. The van der Waals surface area contributed by atoms with Crippen LogP contribution in [0.4, 0.5) is 0 Å². The largest absolute Gasteiger partial charge is 0.477 e. The predicted octanol–water partition coefficient (Wildman–Crippen LogP) is 4.76. The van der Waals surface area contributed by atoms with Crippen LogP contribution in [0.2, 0.25) is 0 Å². The highest BCUT2D eigenvalue weighted by atomic mass is 16.5. The van der Waals surface area contributed by atoms with Crippen molar-refractivity contribution in [3.05, 3.63) is 12.3 Å². The second-order valence-corrected chi connectivity index (χ2v) is 6.03. The third-order valence-electron chi connectivity index (χ3n) is 4.28. The molecule has 0 atom stereocenters. The minimum absolute atomic E-state index is 0.588. The van der Waals surface area contributed by atoms with Crippen molar-refractivity contribution in [3.63, 3.8) is 0 Å². The second kappa shape index (κ2) is 9.59. The van der Waals surface area contributed by atoms with Crippen molar-refractivity contribution in [2.24, 2.45) is 0 Å². The summed E-state index contributed by atoms with van der Waals surface area (Å²) in [6.07, 6.45) is 17.0. The highest BCUT2D eigenvalue weighted by Gasteiger charge is 2.16. The lowest BCUT2D eigenvalue weighted by atomic mass is 9.96. The Labute approximate surface area is 128 Å². The Morgan fingerprint density at radius 2 is 1.90 bits per heavy atom. The van der Waals surface area contributed by atoms with Gasteiger partial charge in [0.05, 0.1) is 12.6 Å². The van der Waals surface area contributed by atoms with Crippen molar-refractivity contribution in [1.29, 1.82) is 5.41 Å². The summed E-state index contributed by atoms with van der Waals surface area (Å²) in [5, 5.41) is 11.5. The monoisotopic (exact) mass is 291 g/mol. The van der Waals surface area contributed by atoms with Gasteiger partial charge in [0.15, 0.2) is 0 Å². The number of rotatable bonds is 10. The van der Waals surface area contributed by atoms with Gasteiger partial charge in [0.25, 0.3) is 0 Å². The first kappa shape index (κ1) is 16.1. The Morgan fingerprint density at radius 3 is 2.71 bits per heavy atom. The zero-order valence-corrected chi connectivity index (χ0v) is 13.1. The van der Waals surface area contributed by atoms with Crippen molar-refractivity contribution in [2.75, 3.05) is 6.61 Å². The summed E-state index contributed by atoms with van der Waals surface area (Å²) in [4.78, 5) is 0. The SMILES string of the molecule is N=CCCCCCCCOc1ccn(C2CCCCC2)n1. The molecule has 0 aliphatic heterocycles. The van der Waals surface area contributed by atoms with Crippen LogP contribution in [0, 0.1) is 5.41 Å². The highest BCUT2D eigenvalue weighted by Crippen LogP contribution is 2.28. The van der Waals surface area contributed by atoms with Gasteiger partial charge in [0, 0.05) is 12.3 Å². The molecule has 0 bridgehead atoms. The zero-order chi connectivity index (χ0) is 14.8. The molecular weight excluding hydrogens is 262 g/mol. The first-order valence-corrected chi connectivity index (χ1v) is 8.57. The summed E-state index contributed by atoms with van der Waals surface area (Å²) in [5.74, 6) is 0.782. The molecule has 4 heteroatoms. The number of hydrogen-bond acceptors (Lipinski definition) is 3. The maximum Gasteiger partial charge on any atom is 0.232 e. The van der Waals surface area contributed by atoms with Crippen LogP contribution in [-0.2, 0) is 0 Å². The maximum absolute atomic E-state index is 6.97. The Morgan fingerprint density at radius 1 is 1.14 bits per heavy atom. The summed E-state index contributed by atoms with van der Waals surface area (Å²) in [6, 6.07) is 2.59. The quantitative estimate of drug-likeness (QED) is 0.499. The van der Waals surface area contributed by atoms with Crippen molar-refractivity contribution in [2.45, 2.75) is 76.7 Å². The van der Waals surface area contributed by atoms with Gasteiger partial charge in [0.1, 0.15) is 0 Å². The van der Waals surface area contributed by atoms with Crippen molar-refractivity contribution in [3.8, 4) is 5.88 Å². The number of unbranched alkanes of at least 4 members (excludes halogenated alkanes) is 5. The lowest BCUT2D eigenvalue weighted by Gasteiger charge is -2.21. The summed E-state index contributed by atoms with van der Waals surface area (Å²) < 4.78 is 7.84. The van der Waals surface area contributed by atoms with E-state index in [1.54, 1.807) is 0 Å². The Hall–Kier alpha value is -1.32. The number of aromatic nitrogens is 2. The van der Waals surface area contributed by atoms with E-state index in [9.17, 15) is 0 Å². The molecule has 1 N–H and O–H groups in total. The van der Waals surface area contributed by atoms with E-state index in [2.05, 4.69) is 16.0 Å². The van der Waals surface area contributed by atoms with Crippen molar-refractivity contribution >= 4 is 6.21 Å². The van der Waals surface area contributed by atoms with Gasteiger partial charge in [-0.15, -0.1) is 5.10 Å². The standard InChI is InChI=1S/C17H29N3O/c18-13-8-3-1-2-4-9-15-21-17-12-14-20(19-17)16-10-6-5-7-11-16/h12-14,16,18H,1-11,15H2. The fourth-order valence-electron chi connectivity index (χ4n) is 3.00. The lowest BCUT2D eigenvalue weighted by Crippen LogP contribution is -2.13. The average molecular weight is 291 g/mol. The predicted molar refractivity (Wildman–Crippen MR) is 86.3 cm³/mol. The van der Waals surface area contributed by atoms with Crippen LogP contribution in [0.25, 0.3) is 0 Å². The molecule has 4 nitrogen and oxygen atoms in total. The number of nitrogens with zero attached hydrogens (tertiary/aromatic N) is 2. The summed E-state index contributed by atoms with van der Waals surface area (Å²) >= 11 is 0. The Kier molecular flexibility index (Phi) is 7.33. The summed E-state index contributed by atoms with van der Waals surface area (Å²) in [5.41, 5.74) is 0. The van der Waals surface area contributed by atoms with E-state index in [4.69, 9.17) is 10.1 Å². The molecule has 0 saturated heterocycles. The fraction of sp³-hybridized carbons (Fsp3) is 0.765. The van der Waals surface area contributed by atoms with Crippen LogP contribution in [0.15, 0.2) is 12.3 Å². The van der Waals surface area contributed by atoms with Crippen LogP contribution in [-0.4, -0.2) is 22.6 Å². The number of nitrogens with one attached hydrogen (secondary N) is 1. The summed E-state index contributed by atoms with van der Waals surface area (Å²) in [7, 11) is 0. The third-order valence-corrected chi connectivity index (χ3v) is 4.28. The van der Waals surface area contributed by atoms with Crippen molar-refractivity contribution < 1.29 is 4.74 Å². The van der Waals surface area contributed by atoms with E-state index in [1.165, 1.54) is 57.6 Å². The van der Waals surface area contributed by atoms with E-state index in [0.29, 0.717) is 6.04 Å². The van der Waals surface area contributed by atoms with Crippen molar-refractivity contribution in [1.82, 2.24) is 9.78 Å². The van der Waals surface area contributed by atoms with Gasteiger partial charge in [-0.1, -0.05) is 38.5 Å². The first-order valence-electron chi connectivity index (χ1n) is 8.57. The maximum atomic E-state index is 6.97. The van der Waals surface area contributed by atoms with Gasteiger partial charge in [-0.05, 0) is 38.3 Å². The summed E-state index contributed by atoms with van der Waals surface area (Å²) in [6.45, 7) is 0.770. The van der Waals surface area contributed by atoms with Gasteiger partial charge in [-0.2, -0.15) is 0 Å². The zero-order valence-electron chi connectivity index (χ0n) is 13.1. The Bertz CT molecular complexity index is 396. The molecule has 1 aromatic heterocycles. The van der Waals surface area contributed by atoms with E-state index in [1.807, 2.05) is 6.07 Å². The van der Waals surface area contributed by atoms with Gasteiger partial charge in [0.2, 0.25) is 5.88 Å². The molecule has 0 spiro atoms. The van der Waals surface area contributed by atoms with Crippen LogP contribution in [0.3, 0.4) is 0 Å². The molecule has 0 aromatic carbocycles. The molecule has 21 heavy (non-hydrogen) atoms. The minimum Gasteiger partial charge on any atom is -0.477 e. The van der Waals surface area contributed by atoms with Gasteiger partial charge < -0.3 is 10.1 Å². The van der Waals surface area contributed by atoms with Crippen LogP contribution in [0.5, 0.6) is 5.88 Å². The molecule has 1 saturated carbocycles. The lowest BCUT2D eigenvalue weighted by molar-refractivity contribution is 0.277. The smallest absolute Gasteiger partial charge is 0.232 e. The van der Waals surface area contributed by atoms with Crippen LogP contribution >= 0.6 is 0 Å². The van der Waals surface area contributed by atoms with Gasteiger partial charge in [-0.25, -0.2) is 0 Å². The first-order chi connectivity index (χ1) is 10.4. The number of hydrogen-bond donors (Lipinski definition) is 1. The third kappa shape index (κ3) is 5.90. The second-order valence-electron chi connectivity index (χ2n) is 6.03. The van der Waals surface area contributed by atoms with E-state index < -0.39 is 0 Å². The molecule has 1 aliphatic carbocycles. The molecule has 0 amide bonds. The Balaban J connectivity index is 1.56. The molecule has 1 heterocycles. The fourth-order valence-corrected chi connectivity index (χ4v) is 3.00. The van der Waals surface area contributed by atoms with E-state index in [0.717, 1.165) is 31.7 Å². The number of ether oxygens (including phenoxy) is 1. The minimum atomic E-state index is 0.588. The van der Waals surface area contributed by atoms with Crippen LogP contribution < -0.4 is 4.74 Å². The highest BCUT2D eigenvalue weighted by molar-refractivity contribution is 5.52. The topological polar surface area (TPSA) is 50.9 Å². The molecule has 2 rings (SSSR count). The van der Waals surface area contributed by atoms with Gasteiger partial charge in [-0.3, -0.25) is 4.68 Å². The molecule has 0 radical (unpaired) electrons. The van der Waals surface area contributed by atoms with E-state index >= 15 is 0 Å².